The van der Waals surface area contributed by atoms with Crippen molar-refractivity contribution < 1.29 is 4.79 Å². The van der Waals surface area contributed by atoms with E-state index in [1.807, 2.05) is 11.8 Å². The van der Waals surface area contributed by atoms with Gasteiger partial charge in [0.25, 0.3) is 0 Å². The monoisotopic (exact) mass is 262 g/mol. The predicted molar refractivity (Wildman–Crippen MR) is 80.1 cm³/mol. The summed E-state index contributed by atoms with van der Waals surface area (Å²) in [5.41, 5.74) is 9.15. The molecule has 2 N–H and O–H groups in total. The van der Waals surface area contributed by atoms with Crippen molar-refractivity contribution in [2.45, 2.75) is 34.1 Å². The number of aryl methyl sites for hydroxylation is 2. The van der Waals surface area contributed by atoms with Gasteiger partial charge >= 0.3 is 0 Å². The van der Waals surface area contributed by atoms with E-state index in [1.54, 1.807) is 0 Å². The van der Waals surface area contributed by atoms with Crippen molar-refractivity contribution in [2.75, 3.05) is 19.6 Å². The summed E-state index contributed by atoms with van der Waals surface area (Å²) in [6.45, 7) is 10.3. The molecule has 1 amide bonds. The maximum atomic E-state index is 12.3. The highest BCUT2D eigenvalue weighted by Crippen LogP contribution is 2.13. The standard InChI is InChI=1S/C16H26N2O/c1-5-18(11-13(3)10-17)16(19)9-15-8-12(2)6-7-14(15)4/h6-8,13H,5,9-11,17H2,1-4H3. The molecule has 0 saturated carbocycles. The molecule has 0 aromatic heterocycles. The molecule has 0 radical (unpaired) electrons. The first-order valence-electron chi connectivity index (χ1n) is 7.01. The molecule has 0 heterocycles. The van der Waals surface area contributed by atoms with Crippen molar-refractivity contribution in [3.05, 3.63) is 34.9 Å². The molecule has 0 fully saturated rings. The smallest absolute Gasteiger partial charge is 0.227 e. The Bertz CT molecular complexity index is 429. The first-order valence-corrected chi connectivity index (χ1v) is 7.01. The highest BCUT2D eigenvalue weighted by molar-refractivity contribution is 5.79. The Morgan fingerprint density at radius 1 is 1.37 bits per heavy atom. The summed E-state index contributed by atoms with van der Waals surface area (Å²) >= 11 is 0. The molecule has 0 bridgehead atoms. The minimum absolute atomic E-state index is 0.191. The van der Waals surface area contributed by atoms with Crippen LogP contribution in [0.5, 0.6) is 0 Å². The molecule has 0 aliphatic rings. The molecular formula is C16H26N2O. The van der Waals surface area contributed by atoms with E-state index in [9.17, 15) is 4.79 Å². The molecule has 1 rings (SSSR count). The predicted octanol–water partition coefficient (Wildman–Crippen LogP) is 2.29. The van der Waals surface area contributed by atoms with Crippen molar-refractivity contribution in [3.8, 4) is 0 Å². The summed E-state index contributed by atoms with van der Waals surface area (Å²) in [4.78, 5) is 14.2. The zero-order chi connectivity index (χ0) is 14.4. The van der Waals surface area contributed by atoms with Crippen molar-refractivity contribution in [2.24, 2.45) is 11.7 Å². The molecule has 3 heteroatoms. The molecule has 1 aromatic rings. The zero-order valence-electron chi connectivity index (χ0n) is 12.6. The average molecular weight is 262 g/mol. The molecule has 0 spiro atoms. The van der Waals surface area contributed by atoms with E-state index in [0.29, 0.717) is 18.9 Å². The van der Waals surface area contributed by atoms with Gasteiger partial charge in [-0.1, -0.05) is 30.7 Å². The van der Waals surface area contributed by atoms with Crippen LogP contribution in [0.4, 0.5) is 0 Å². The van der Waals surface area contributed by atoms with Gasteiger partial charge in [-0.3, -0.25) is 4.79 Å². The number of hydrogen-bond donors (Lipinski definition) is 1. The Kier molecular flexibility index (Phi) is 6.03. The summed E-state index contributed by atoms with van der Waals surface area (Å²) in [7, 11) is 0. The molecule has 1 aromatic carbocycles. The van der Waals surface area contributed by atoms with Crippen molar-refractivity contribution >= 4 is 5.91 Å². The second kappa shape index (κ2) is 7.29. The topological polar surface area (TPSA) is 46.3 Å². The summed E-state index contributed by atoms with van der Waals surface area (Å²) in [6, 6.07) is 6.27. The van der Waals surface area contributed by atoms with Crippen LogP contribution in [0.1, 0.15) is 30.5 Å². The van der Waals surface area contributed by atoms with Crippen molar-refractivity contribution in [3.63, 3.8) is 0 Å². The Hall–Kier alpha value is -1.35. The first-order chi connectivity index (χ1) is 8.97. The van der Waals surface area contributed by atoms with E-state index in [4.69, 9.17) is 5.73 Å². The van der Waals surface area contributed by atoms with Gasteiger partial charge in [-0.15, -0.1) is 0 Å². The molecule has 106 valence electrons. The van der Waals surface area contributed by atoms with E-state index in [1.165, 1.54) is 11.1 Å². The molecule has 19 heavy (non-hydrogen) atoms. The normalized spacial score (nSPS) is 12.3. The lowest BCUT2D eigenvalue weighted by Crippen LogP contribution is -2.37. The fourth-order valence-corrected chi connectivity index (χ4v) is 2.12. The maximum absolute atomic E-state index is 12.3. The van der Waals surface area contributed by atoms with E-state index >= 15 is 0 Å². The zero-order valence-corrected chi connectivity index (χ0v) is 12.6. The molecule has 0 saturated heterocycles. The van der Waals surface area contributed by atoms with Crippen molar-refractivity contribution in [1.82, 2.24) is 4.90 Å². The number of likely N-dealkylation sites (N-methyl/N-ethyl adjacent to an activating group) is 1. The van der Waals surface area contributed by atoms with Gasteiger partial charge in [0, 0.05) is 13.1 Å². The number of nitrogens with two attached hydrogens (primary N) is 1. The minimum atomic E-state index is 0.191. The van der Waals surface area contributed by atoms with E-state index < -0.39 is 0 Å². The minimum Gasteiger partial charge on any atom is -0.342 e. The Morgan fingerprint density at radius 3 is 2.63 bits per heavy atom. The van der Waals surface area contributed by atoms with Crippen LogP contribution in [-0.4, -0.2) is 30.4 Å². The number of hydrogen-bond acceptors (Lipinski definition) is 2. The maximum Gasteiger partial charge on any atom is 0.227 e. The van der Waals surface area contributed by atoms with Crippen LogP contribution in [0.2, 0.25) is 0 Å². The molecule has 3 nitrogen and oxygen atoms in total. The largest absolute Gasteiger partial charge is 0.342 e. The third-order valence-electron chi connectivity index (χ3n) is 3.52. The average Bonchev–Trinajstić information content (AvgIpc) is 2.39. The number of rotatable bonds is 6. The molecule has 1 atom stereocenters. The Morgan fingerprint density at radius 2 is 2.05 bits per heavy atom. The van der Waals surface area contributed by atoms with Crippen molar-refractivity contribution in [1.29, 1.82) is 0 Å². The quantitative estimate of drug-likeness (QED) is 0.855. The van der Waals surface area contributed by atoms with Crippen LogP contribution in [0.15, 0.2) is 18.2 Å². The molecule has 1 unspecified atom stereocenters. The van der Waals surface area contributed by atoms with E-state index in [2.05, 4.69) is 39.0 Å². The third-order valence-corrected chi connectivity index (χ3v) is 3.52. The lowest BCUT2D eigenvalue weighted by atomic mass is 10.0. The lowest BCUT2D eigenvalue weighted by Gasteiger charge is -2.24. The van der Waals surface area contributed by atoms with Gasteiger partial charge in [-0.25, -0.2) is 0 Å². The number of carbonyl (C=O) groups excluding carboxylic acids is 1. The van der Waals surface area contributed by atoms with Gasteiger partial charge in [0.15, 0.2) is 0 Å². The van der Waals surface area contributed by atoms with Gasteiger partial charge in [0.1, 0.15) is 0 Å². The SMILES string of the molecule is CCN(CC(C)CN)C(=O)Cc1cc(C)ccc1C. The fourth-order valence-electron chi connectivity index (χ4n) is 2.12. The van der Waals surface area contributed by atoms with E-state index in [0.717, 1.165) is 18.7 Å². The number of nitrogens with zero attached hydrogens (tertiary/aromatic N) is 1. The summed E-state index contributed by atoms with van der Waals surface area (Å²) in [5, 5.41) is 0. The fraction of sp³-hybridized carbons (Fsp3) is 0.562. The molecule has 0 aliphatic heterocycles. The lowest BCUT2D eigenvalue weighted by molar-refractivity contribution is -0.130. The van der Waals surface area contributed by atoms with Gasteiger partial charge in [-0.05, 0) is 44.4 Å². The van der Waals surface area contributed by atoms with Gasteiger partial charge in [0.2, 0.25) is 5.91 Å². The highest BCUT2D eigenvalue weighted by atomic mass is 16.2. The first kappa shape index (κ1) is 15.7. The molecule has 0 aliphatic carbocycles. The van der Waals surface area contributed by atoms with Gasteiger partial charge < -0.3 is 10.6 Å². The Balaban J connectivity index is 2.74. The van der Waals surface area contributed by atoms with Crippen LogP contribution < -0.4 is 5.73 Å². The Labute approximate surface area is 116 Å². The summed E-state index contributed by atoms with van der Waals surface area (Å²) in [6.07, 6.45) is 0.485. The van der Waals surface area contributed by atoms with Crippen LogP contribution in [-0.2, 0) is 11.2 Å². The summed E-state index contributed by atoms with van der Waals surface area (Å²) < 4.78 is 0. The van der Waals surface area contributed by atoms with Gasteiger partial charge in [-0.2, -0.15) is 0 Å². The second-order valence-electron chi connectivity index (χ2n) is 5.38. The van der Waals surface area contributed by atoms with Crippen LogP contribution in [0.3, 0.4) is 0 Å². The van der Waals surface area contributed by atoms with Crippen LogP contribution >= 0.6 is 0 Å². The van der Waals surface area contributed by atoms with Crippen LogP contribution in [0.25, 0.3) is 0 Å². The summed E-state index contributed by atoms with van der Waals surface area (Å²) in [5.74, 6) is 0.541. The van der Waals surface area contributed by atoms with Gasteiger partial charge in [0.05, 0.1) is 6.42 Å². The highest BCUT2D eigenvalue weighted by Gasteiger charge is 2.15. The number of amides is 1. The molecular weight excluding hydrogens is 236 g/mol. The van der Waals surface area contributed by atoms with Crippen LogP contribution in [0, 0.1) is 19.8 Å². The third kappa shape index (κ3) is 4.67. The second-order valence-corrected chi connectivity index (χ2v) is 5.38. The van der Waals surface area contributed by atoms with E-state index in [-0.39, 0.29) is 5.91 Å². The number of benzene rings is 1. The number of carbonyl (C=O) groups is 1.